The number of carbonyl (C=O) groups is 1. The van der Waals surface area contributed by atoms with Gasteiger partial charge in [0.25, 0.3) is 0 Å². The molecule has 4 N–H and O–H groups in total. The fraction of sp³-hybridized carbons (Fsp3) is 0.276. The summed E-state index contributed by atoms with van der Waals surface area (Å²) < 4.78 is 22.7. The van der Waals surface area contributed by atoms with Crippen LogP contribution < -0.4 is 16.2 Å². The molecular weight excluding hydrogens is 456 g/mol. The van der Waals surface area contributed by atoms with Crippen LogP contribution in [-0.4, -0.2) is 25.8 Å². The third kappa shape index (κ3) is 6.12. The number of hydrogen-bond donors (Lipinski definition) is 2. The summed E-state index contributed by atoms with van der Waals surface area (Å²) in [4.78, 5) is 12.4. The van der Waals surface area contributed by atoms with E-state index < -0.39 is 0 Å². The number of rotatable bonds is 11. The summed E-state index contributed by atoms with van der Waals surface area (Å²) in [6, 6.07) is 21.6. The van der Waals surface area contributed by atoms with Gasteiger partial charge in [-0.3, -0.25) is 4.79 Å². The van der Waals surface area contributed by atoms with Crippen molar-refractivity contribution in [3.63, 3.8) is 0 Å². The number of fused-ring (bicyclic) bond motifs is 1. The molecule has 4 aromatic rings. The van der Waals surface area contributed by atoms with Crippen LogP contribution >= 0.6 is 0 Å². The molecule has 0 spiro atoms. The van der Waals surface area contributed by atoms with Crippen LogP contribution in [-0.2, 0) is 40.4 Å². The van der Waals surface area contributed by atoms with E-state index in [1.165, 1.54) is 0 Å². The second-order valence-corrected chi connectivity index (χ2v) is 8.71. The zero-order valence-electron chi connectivity index (χ0n) is 20.7. The molecule has 1 unspecified atom stereocenters. The molecule has 0 aliphatic rings. The molecular formula is C29H32N2O5. The lowest BCUT2D eigenvalue weighted by atomic mass is 9.99. The average molecular weight is 489 g/mol. The second kappa shape index (κ2) is 11.9. The van der Waals surface area contributed by atoms with E-state index in [1.807, 2.05) is 54.6 Å². The van der Waals surface area contributed by atoms with Crippen LogP contribution in [0.15, 0.2) is 71.1 Å². The Morgan fingerprint density at radius 2 is 1.81 bits per heavy atom. The Labute approximate surface area is 210 Å². The van der Waals surface area contributed by atoms with Gasteiger partial charge in [-0.2, -0.15) is 0 Å². The number of furan rings is 1. The Hall–Kier alpha value is -3.65. The predicted octanol–water partition coefficient (Wildman–Crippen LogP) is 4.72. The molecule has 7 nitrogen and oxygen atoms in total. The molecule has 0 radical (unpaired) electrons. The molecule has 7 heteroatoms. The fourth-order valence-electron chi connectivity index (χ4n) is 4.17. The van der Waals surface area contributed by atoms with Crippen molar-refractivity contribution in [1.29, 1.82) is 0 Å². The number of benzene rings is 3. The van der Waals surface area contributed by atoms with E-state index in [0.717, 1.165) is 38.8 Å². The summed E-state index contributed by atoms with van der Waals surface area (Å²) in [5.41, 5.74) is 17.2. The first-order valence-corrected chi connectivity index (χ1v) is 11.9. The van der Waals surface area contributed by atoms with Crippen molar-refractivity contribution in [3.8, 4) is 16.9 Å². The van der Waals surface area contributed by atoms with Crippen LogP contribution in [0.4, 0.5) is 0 Å². The van der Waals surface area contributed by atoms with Gasteiger partial charge in [0.1, 0.15) is 29.8 Å². The highest BCUT2D eigenvalue weighted by Gasteiger charge is 2.15. The molecule has 1 heterocycles. The van der Waals surface area contributed by atoms with E-state index in [4.69, 9.17) is 30.1 Å². The highest BCUT2D eigenvalue weighted by atomic mass is 16.6. The predicted molar refractivity (Wildman–Crippen MR) is 139 cm³/mol. The van der Waals surface area contributed by atoms with Crippen molar-refractivity contribution in [1.82, 2.24) is 0 Å². The molecule has 0 saturated carbocycles. The van der Waals surface area contributed by atoms with Crippen LogP contribution in [0.5, 0.6) is 5.75 Å². The van der Waals surface area contributed by atoms with Crippen LogP contribution in [0.3, 0.4) is 0 Å². The summed E-state index contributed by atoms with van der Waals surface area (Å²) in [7, 11) is 1.57. The maximum Gasteiger partial charge on any atom is 0.310 e. The number of ether oxygens (including phenoxy) is 3. The smallest absolute Gasteiger partial charge is 0.310 e. The number of esters is 1. The number of nitrogens with two attached hydrogens (primary N) is 2. The summed E-state index contributed by atoms with van der Waals surface area (Å²) in [6.45, 7) is 3.23. The van der Waals surface area contributed by atoms with E-state index in [9.17, 15) is 4.79 Å². The zero-order chi connectivity index (χ0) is 25.5. The maximum absolute atomic E-state index is 12.4. The van der Waals surface area contributed by atoms with Crippen molar-refractivity contribution < 1.29 is 23.4 Å². The Morgan fingerprint density at radius 3 is 2.58 bits per heavy atom. The van der Waals surface area contributed by atoms with Gasteiger partial charge in [0, 0.05) is 30.2 Å². The third-order valence-corrected chi connectivity index (χ3v) is 5.84. The summed E-state index contributed by atoms with van der Waals surface area (Å²) >= 11 is 0. The van der Waals surface area contributed by atoms with Crippen LogP contribution in [0.2, 0.25) is 0 Å². The standard InChI is InChI=1S/C29H32N2O5/c1-19(17-33-2)35-28(32)14-23-7-3-4-9-27(23)34-18-21-11-24-13-25(16-31)36-29(24)26(12-21)22-8-5-6-20(10-22)15-30/h3-13,19H,14-18,30-31H2,1-2H3. The maximum atomic E-state index is 12.4. The Kier molecular flexibility index (Phi) is 8.38. The van der Waals surface area contributed by atoms with Crippen LogP contribution in [0.25, 0.3) is 22.1 Å². The molecule has 0 fully saturated rings. The first-order valence-electron chi connectivity index (χ1n) is 11.9. The monoisotopic (exact) mass is 488 g/mol. The third-order valence-electron chi connectivity index (χ3n) is 5.84. The number of carbonyl (C=O) groups excluding carboxylic acids is 1. The molecule has 188 valence electrons. The lowest BCUT2D eigenvalue weighted by Crippen LogP contribution is -2.21. The number of methoxy groups -OCH3 is 1. The molecule has 1 atom stereocenters. The molecule has 1 aromatic heterocycles. The molecule has 0 aliphatic heterocycles. The number of para-hydroxylation sites is 1. The van der Waals surface area contributed by atoms with Crippen molar-refractivity contribution >= 4 is 16.9 Å². The van der Waals surface area contributed by atoms with Crippen LogP contribution in [0, 0.1) is 0 Å². The highest BCUT2D eigenvalue weighted by molar-refractivity contribution is 5.93. The van der Waals surface area contributed by atoms with E-state index in [0.29, 0.717) is 37.8 Å². The lowest BCUT2D eigenvalue weighted by molar-refractivity contribution is -0.149. The van der Waals surface area contributed by atoms with Gasteiger partial charge >= 0.3 is 5.97 Å². The van der Waals surface area contributed by atoms with Crippen molar-refractivity contribution in [2.45, 2.75) is 39.1 Å². The largest absolute Gasteiger partial charge is 0.489 e. The topological polar surface area (TPSA) is 110 Å². The summed E-state index contributed by atoms with van der Waals surface area (Å²) in [5, 5.41) is 0.952. The van der Waals surface area contributed by atoms with Gasteiger partial charge in [0.2, 0.25) is 0 Å². The average Bonchev–Trinajstić information content (AvgIpc) is 3.31. The van der Waals surface area contributed by atoms with Gasteiger partial charge in [0.05, 0.1) is 19.6 Å². The van der Waals surface area contributed by atoms with Gasteiger partial charge in [-0.05, 0) is 53.9 Å². The molecule has 3 aromatic carbocycles. The van der Waals surface area contributed by atoms with E-state index >= 15 is 0 Å². The summed E-state index contributed by atoms with van der Waals surface area (Å²) in [6.07, 6.45) is -0.200. The molecule has 0 bridgehead atoms. The van der Waals surface area contributed by atoms with E-state index in [-0.39, 0.29) is 18.5 Å². The molecule has 4 rings (SSSR count). The van der Waals surface area contributed by atoms with Gasteiger partial charge < -0.3 is 30.1 Å². The molecule has 0 saturated heterocycles. The quantitative estimate of drug-likeness (QED) is 0.294. The Balaban J connectivity index is 1.59. The Morgan fingerprint density at radius 1 is 0.972 bits per heavy atom. The van der Waals surface area contributed by atoms with Gasteiger partial charge in [0.15, 0.2) is 0 Å². The zero-order valence-corrected chi connectivity index (χ0v) is 20.7. The van der Waals surface area contributed by atoms with Gasteiger partial charge in [-0.25, -0.2) is 0 Å². The Bertz CT molecular complexity index is 1330. The first-order chi connectivity index (χ1) is 17.5. The summed E-state index contributed by atoms with van der Waals surface area (Å²) in [5.74, 6) is 1.02. The van der Waals surface area contributed by atoms with E-state index in [2.05, 4.69) is 12.1 Å². The lowest BCUT2D eigenvalue weighted by Gasteiger charge is -2.15. The van der Waals surface area contributed by atoms with Gasteiger partial charge in [-0.1, -0.05) is 36.4 Å². The van der Waals surface area contributed by atoms with Crippen molar-refractivity contribution in [2.75, 3.05) is 13.7 Å². The normalized spacial score (nSPS) is 12.0. The van der Waals surface area contributed by atoms with Crippen molar-refractivity contribution in [2.24, 2.45) is 11.5 Å². The minimum absolute atomic E-state index is 0.113. The minimum atomic E-state index is -0.327. The SMILES string of the molecule is COCC(C)OC(=O)Cc1ccccc1OCc1cc(-c2cccc(CN)c2)c2oc(CN)cc2c1. The van der Waals surface area contributed by atoms with Crippen LogP contribution in [0.1, 0.15) is 29.4 Å². The van der Waals surface area contributed by atoms with E-state index in [1.54, 1.807) is 14.0 Å². The molecule has 0 amide bonds. The minimum Gasteiger partial charge on any atom is -0.489 e. The van der Waals surface area contributed by atoms with Crippen molar-refractivity contribution in [3.05, 3.63) is 89.2 Å². The fourth-order valence-corrected chi connectivity index (χ4v) is 4.17. The molecule has 0 aliphatic carbocycles. The molecule has 36 heavy (non-hydrogen) atoms. The highest BCUT2D eigenvalue weighted by Crippen LogP contribution is 2.33. The van der Waals surface area contributed by atoms with Gasteiger partial charge in [-0.15, -0.1) is 0 Å². The second-order valence-electron chi connectivity index (χ2n) is 8.71. The first kappa shape index (κ1) is 25.4. The number of hydrogen-bond acceptors (Lipinski definition) is 7.